The minimum Gasteiger partial charge on any atom is -0.481 e. The Morgan fingerprint density at radius 3 is 2.79 bits per heavy atom. The van der Waals surface area contributed by atoms with Gasteiger partial charge in [-0.2, -0.15) is 4.98 Å². The maximum atomic E-state index is 13.3. The number of aromatic nitrogens is 1. The van der Waals surface area contributed by atoms with E-state index in [2.05, 4.69) is 10.3 Å². The standard InChI is InChI=1S/C19H17ClN4O4/c1-23-17(26)13-6-7-14(28-2)22-16(13)24-15(25)8-9-19(23,24)18(27)21-12-5-3-4-11(20)10-12/h3-7,10H,8-9H2,1-2H3,(H,21,27). The number of hydrogen-bond acceptors (Lipinski definition) is 5. The number of likely N-dealkylation sites (N-methyl/N-ethyl adjacent to an activating group) is 1. The average Bonchev–Trinajstić information content (AvgIpc) is 3.04. The number of nitrogens with one attached hydrogen (secondary N) is 1. The fourth-order valence-electron chi connectivity index (χ4n) is 3.72. The molecule has 2 aliphatic rings. The molecule has 0 bridgehead atoms. The second-order valence-electron chi connectivity index (χ2n) is 6.60. The summed E-state index contributed by atoms with van der Waals surface area (Å²) in [6.07, 6.45) is 0.262. The molecule has 0 aliphatic carbocycles. The number of nitrogens with zero attached hydrogens (tertiary/aromatic N) is 3. The number of fused-ring (bicyclic) bond motifs is 3. The monoisotopic (exact) mass is 400 g/mol. The fourth-order valence-corrected chi connectivity index (χ4v) is 3.91. The Kier molecular flexibility index (Phi) is 4.23. The van der Waals surface area contributed by atoms with Gasteiger partial charge in [-0.3, -0.25) is 19.3 Å². The number of carbonyl (C=O) groups is 3. The maximum Gasteiger partial charge on any atom is 0.271 e. The third-order valence-corrected chi connectivity index (χ3v) is 5.35. The number of amides is 3. The lowest BCUT2D eigenvalue weighted by Crippen LogP contribution is -2.68. The van der Waals surface area contributed by atoms with Crippen LogP contribution >= 0.6 is 11.6 Å². The molecule has 1 N–H and O–H groups in total. The summed E-state index contributed by atoms with van der Waals surface area (Å²) in [5, 5.41) is 3.23. The van der Waals surface area contributed by atoms with Crippen LogP contribution in [0.3, 0.4) is 0 Å². The molecule has 3 amide bonds. The molecule has 1 aromatic carbocycles. The molecule has 1 aromatic heterocycles. The van der Waals surface area contributed by atoms with E-state index in [9.17, 15) is 14.4 Å². The Morgan fingerprint density at radius 1 is 1.29 bits per heavy atom. The third kappa shape index (κ3) is 2.52. The number of rotatable bonds is 3. The van der Waals surface area contributed by atoms with E-state index in [1.54, 1.807) is 36.4 Å². The number of ether oxygens (including phenoxy) is 1. The second kappa shape index (κ2) is 6.49. The van der Waals surface area contributed by atoms with Crippen molar-refractivity contribution >= 4 is 40.8 Å². The molecule has 9 heteroatoms. The first-order chi connectivity index (χ1) is 13.4. The van der Waals surface area contributed by atoms with Crippen LogP contribution in [0.15, 0.2) is 36.4 Å². The minimum absolute atomic E-state index is 0.110. The van der Waals surface area contributed by atoms with Gasteiger partial charge < -0.3 is 15.0 Å². The molecular formula is C19H17ClN4O4. The minimum atomic E-state index is -1.51. The van der Waals surface area contributed by atoms with Gasteiger partial charge in [0.05, 0.1) is 12.7 Å². The van der Waals surface area contributed by atoms with Gasteiger partial charge in [0.2, 0.25) is 17.5 Å². The lowest BCUT2D eigenvalue weighted by atomic mass is 9.98. The van der Waals surface area contributed by atoms with Crippen LogP contribution in [0.5, 0.6) is 5.88 Å². The van der Waals surface area contributed by atoms with Crippen molar-refractivity contribution in [3.8, 4) is 5.88 Å². The molecule has 2 aromatic rings. The van der Waals surface area contributed by atoms with E-state index in [-0.39, 0.29) is 36.0 Å². The van der Waals surface area contributed by atoms with Crippen LogP contribution in [0.4, 0.5) is 11.5 Å². The summed E-state index contributed by atoms with van der Waals surface area (Å²) in [7, 11) is 2.95. The fraction of sp³-hybridized carbons (Fsp3) is 0.263. The quantitative estimate of drug-likeness (QED) is 0.853. The van der Waals surface area contributed by atoms with Crippen LogP contribution in [-0.2, 0) is 9.59 Å². The van der Waals surface area contributed by atoms with E-state index in [4.69, 9.17) is 16.3 Å². The molecule has 1 saturated heterocycles. The van der Waals surface area contributed by atoms with E-state index in [0.29, 0.717) is 10.7 Å². The number of benzene rings is 1. The van der Waals surface area contributed by atoms with E-state index in [1.165, 1.54) is 24.0 Å². The molecule has 0 radical (unpaired) electrons. The van der Waals surface area contributed by atoms with E-state index in [0.717, 1.165) is 0 Å². The van der Waals surface area contributed by atoms with E-state index < -0.39 is 17.5 Å². The van der Waals surface area contributed by atoms with Gasteiger partial charge >= 0.3 is 0 Å². The Bertz CT molecular complexity index is 1010. The highest BCUT2D eigenvalue weighted by atomic mass is 35.5. The molecule has 1 atom stereocenters. The zero-order valence-electron chi connectivity index (χ0n) is 15.2. The van der Waals surface area contributed by atoms with E-state index >= 15 is 0 Å². The first kappa shape index (κ1) is 18.2. The van der Waals surface area contributed by atoms with Crippen LogP contribution in [0.2, 0.25) is 5.02 Å². The molecule has 28 heavy (non-hydrogen) atoms. The van der Waals surface area contributed by atoms with Crippen LogP contribution < -0.4 is 15.0 Å². The largest absolute Gasteiger partial charge is 0.481 e. The average molecular weight is 401 g/mol. The van der Waals surface area contributed by atoms with Gasteiger partial charge in [0.15, 0.2) is 5.82 Å². The summed E-state index contributed by atoms with van der Waals surface area (Å²) >= 11 is 5.99. The predicted octanol–water partition coefficient (Wildman–Crippen LogP) is 2.29. The number of methoxy groups -OCH3 is 1. The molecule has 1 unspecified atom stereocenters. The summed E-state index contributed by atoms with van der Waals surface area (Å²) in [6.45, 7) is 0. The van der Waals surface area contributed by atoms with Gasteiger partial charge in [-0.05, 0) is 24.3 Å². The van der Waals surface area contributed by atoms with Crippen molar-refractivity contribution < 1.29 is 19.1 Å². The number of carbonyl (C=O) groups excluding carboxylic acids is 3. The van der Waals surface area contributed by atoms with E-state index in [1.807, 2.05) is 0 Å². The Balaban J connectivity index is 1.83. The normalized spacial score (nSPS) is 20.7. The van der Waals surface area contributed by atoms with Crippen LogP contribution in [-0.4, -0.2) is 47.4 Å². The van der Waals surface area contributed by atoms with Crippen LogP contribution in [0, 0.1) is 0 Å². The Hall–Kier alpha value is -3.13. The van der Waals surface area contributed by atoms with Gasteiger partial charge in [-0.15, -0.1) is 0 Å². The Labute approximate surface area is 166 Å². The molecule has 4 rings (SSSR count). The summed E-state index contributed by atoms with van der Waals surface area (Å²) in [5.74, 6) is -0.808. The van der Waals surface area contributed by atoms with Gasteiger partial charge in [0, 0.05) is 36.7 Å². The predicted molar refractivity (Wildman–Crippen MR) is 102 cm³/mol. The number of halogens is 1. The second-order valence-corrected chi connectivity index (χ2v) is 7.04. The third-order valence-electron chi connectivity index (χ3n) is 5.11. The molecule has 0 spiro atoms. The molecule has 8 nitrogen and oxygen atoms in total. The van der Waals surface area contributed by atoms with Gasteiger partial charge in [-0.1, -0.05) is 17.7 Å². The van der Waals surface area contributed by atoms with Crippen LogP contribution in [0.1, 0.15) is 23.2 Å². The highest BCUT2D eigenvalue weighted by Crippen LogP contribution is 2.44. The van der Waals surface area contributed by atoms with Crippen molar-refractivity contribution in [2.75, 3.05) is 24.4 Å². The lowest BCUT2D eigenvalue weighted by molar-refractivity contribution is -0.128. The molecule has 3 heterocycles. The summed E-state index contributed by atoms with van der Waals surface area (Å²) in [5.41, 5.74) is -0.802. The summed E-state index contributed by atoms with van der Waals surface area (Å²) < 4.78 is 5.14. The topological polar surface area (TPSA) is 91.8 Å². The first-order valence-electron chi connectivity index (χ1n) is 8.62. The van der Waals surface area contributed by atoms with Crippen LogP contribution in [0.25, 0.3) is 0 Å². The number of hydrogen-bond donors (Lipinski definition) is 1. The molecule has 0 saturated carbocycles. The molecular weight excluding hydrogens is 384 g/mol. The number of pyridine rings is 1. The Morgan fingerprint density at radius 2 is 2.07 bits per heavy atom. The first-order valence-corrected chi connectivity index (χ1v) is 8.99. The van der Waals surface area contributed by atoms with Crippen molar-refractivity contribution in [2.45, 2.75) is 18.5 Å². The van der Waals surface area contributed by atoms with Gasteiger partial charge in [-0.25, -0.2) is 0 Å². The zero-order valence-corrected chi connectivity index (χ0v) is 16.0. The lowest BCUT2D eigenvalue weighted by Gasteiger charge is -2.46. The summed E-state index contributed by atoms with van der Waals surface area (Å²) in [6, 6.07) is 9.75. The highest BCUT2D eigenvalue weighted by Gasteiger charge is 2.60. The highest BCUT2D eigenvalue weighted by molar-refractivity contribution is 6.31. The van der Waals surface area contributed by atoms with Crippen molar-refractivity contribution in [1.29, 1.82) is 0 Å². The van der Waals surface area contributed by atoms with Crippen molar-refractivity contribution in [3.63, 3.8) is 0 Å². The molecule has 2 aliphatic heterocycles. The summed E-state index contributed by atoms with van der Waals surface area (Å²) in [4.78, 5) is 46.0. The van der Waals surface area contributed by atoms with Gasteiger partial charge in [0.25, 0.3) is 11.8 Å². The van der Waals surface area contributed by atoms with Crippen molar-refractivity contribution in [1.82, 2.24) is 9.88 Å². The molecule has 144 valence electrons. The smallest absolute Gasteiger partial charge is 0.271 e. The van der Waals surface area contributed by atoms with Gasteiger partial charge in [0.1, 0.15) is 0 Å². The molecule has 1 fully saturated rings. The van der Waals surface area contributed by atoms with Crippen molar-refractivity contribution in [2.24, 2.45) is 0 Å². The zero-order chi connectivity index (χ0) is 20.1. The number of anilines is 2. The van der Waals surface area contributed by atoms with Crippen molar-refractivity contribution in [3.05, 3.63) is 47.0 Å². The SMILES string of the molecule is COc1ccc2c(n1)N1C(=O)CCC1(C(=O)Nc1cccc(Cl)c1)N(C)C2=O. The maximum absolute atomic E-state index is 13.3.